The molecule has 1 saturated carbocycles. The quantitative estimate of drug-likeness (QED) is 0.585. The van der Waals surface area contributed by atoms with Gasteiger partial charge in [0.15, 0.2) is 0 Å². The van der Waals surface area contributed by atoms with Gasteiger partial charge in [-0.1, -0.05) is 28.7 Å². The van der Waals surface area contributed by atoms with Crippen LogP contribution in [0, 0.1) is 5.92 Å². The van der Waals surface area contributed by atoms with Gasteiger partial charge in [0.1, 0.15) is 0 Å². The van der Waals surface area contributed by atoms with Crippen LogP contribution in [0.3, 0.4) is 0 Å². The highest BCUT2D eigenvalue weighted by Gasteiger charge is 2.11. The van der Waals surface area contributed by atoms with Crippen molar-refractivity contribution in [1.29, 1.82) is 0 Å². The molecule has 0 heterocycles. The van der Waals surface area contributed by atoms with Gasteiger partial charge in [-0.05, 0) is 18.8 Å². The van der Waals surface area contributed by atoms with Gasteiger partial charge in [0, 0.05) is 6.54 Å². The fourth-order valence-corrected chi connectivity index (χ4v) is 1.89. The molecular weight excluding hydrogens is 129 g/mol. The third-order valence-electron chi connectivity index (χ3n) is 2.13. The zero-order valence-corrected chi connectivity index (χ0v) is 7.05. The Balaban J connectivity index is 2.08. The third-order valence-corrected chi connectivity index (χ3v) is 2.37. The first kappa shape index (κ1) is 7.50. The summed E-state index contributed by atoms with van der Waals surface area (Å²) in [6, 6.07) is 0. The average molecular weight is 145 g/mol. The smallest absolute Gasteiger partial charge is 0.00139 e. The summed E-state index contributed by atoms with van der Waals surface area (Å²) in [6.07, 6.45) is 7.27. The molecule has 54 valence electrons. The molecule has 0 amide bonds. The van der Waals surface area contributed by atoms with Crippen molar-refractivity contribution in [3.63, 3.8) is 0 Å². The van der Waals surface area contributed by atoms with Crippen molar-refractivity contribution in [3.05, 3.63) is 0 Å². The molecule has 1 aliphatic carbocycles. The van der Waals surface area contributed by atoms with Gasteiger partial charge < -0.3 is 5.09 Å². The lowest BCUT2D eigenvalue weighted by molar-refractivity contribution is 0.360. The van der Waals surface area contributed by atoms with Crippen molar-refractivity contribution in [2.24, 2.45) is 5.92 Å². The van der Waals surface area contributed by atoms with Crippen LogP contribution < -0.4 is 5.09 Å². The van der Waals surface area contributed by atoms with Crippen molar-refractivity contribution < 1.29 is 0 Å². The zero-order valence-electron chi connectivity index (χ0n) is 5.90. The third kappa shape index (κ3) is 2.64. The van der Waals surface area contributed by atoms with Crippen LogP contribution in [-0.4, -0.2) is 6.54 Å². The van der Waals surface area contributed by atoms with E-state index in [0.717, 1.165) is 5.92 Å². The number of hydrogen-bond acceptors (Lipinski definition) is 1. The second kappa shape index (κ2) is 4.24. The minimum atomic E-state index is 0.969. The van der Waals surface area contributed by atoms with E-state index >= 15 is 0 Å². The van der Waals surface area contributed by atoms with Crippen LogP contribution in [0.2, 0.25) is 0 Å². The Morgan fingerprint density at radius 3 is 2.44 bits per heavy atom. The number of rotatable bonds is 2. The van der Waals surface area contributed by atoms with Crippen LogP contribution >= 0.6 is 9.39 Å². The molecule has 1 N–H and O–H groups in total. The Labute approximate surface area is 59.9 Å². The highest BCUT2D eigenvalue weighted by molar-refractivity contribution is 7.13. The van der Waals surface area contributed by atoms with Crippen molar-refractivity contribution in [3.8, 4) is 0 Å². The highest BCUT2D eigenvalue weighted by atomic mass is 31.0. The lowest BCUT2D eigenvalue weighted by atomic mass is 9.90. The topological polar surface area (TPSA) is 12.0 Å². The molecule has 0 aliphatic heterocycles. The molecule has 9 heavy (non-hydrogen) atoms. The maximum atomic E-state index is 3.15. The van der Waals surface area contributed by atoms with Crippen molar-refractivity contribution >= 4 is 9.39 Å². The Kier molecular flexibility index (Phi) is 3.54. The monoisotopic (exact) mass is 145 g/mol. The van der Waals surface area contributed by atoms with Crippen LogP contribution in [0.4, 0.5) is 0 Å². The summed E-state index contributed by atoms with van der Waals surface area (Å²) in [6.45, 7) is 1.20. The van der Waals surface area contributed by atoms with Crippen LogP contribution in [0.5, 0.6) is 0 Å². The molecule has 0 aromatic heterocycles. The maximum absolute atomic E-state index is 3.15. The van der Waals surface area contributed by atoms with Gasteiger partial charge >= 0.3 is 0 Å². The summed E-state index contributed by atoms with van der Waals surface area (Å²) >= 11 is 0. The molecule has 1 fully saturated rings. The van der Waals surface area contributed by atoms with Gasteiger partial charge in [0.25, 0.3) is 0 Å². The zero-order chi connectivity index (χ0) is 6.53. The summed E-state index contributed by atoms with van der Waals surface area (Å²) in [5.74, 6) is 0.969. The van der Waals surface area contributed by atoms with E-state index in [2.05, 4.69) is 14.5 Å². The molecule has 0 bridgehead atoms. The molecule has 1 rings (SSSR count). The first-order chi connectivity index (χ1) is 4.43. The van der Waals surface area contributed by atoms with Crippen LogP contribution in [0.15, 0.2) is 0 Å². The summed E-state index contributed by atoms with van der Waals surface area (Å²) in [7, 11) is 2.58. The fraction of sp³-hybridized carbons (Fsp3) is 1.00. The molecule has 1 atom stereocenters. The first-order valence-electron chi connectivity index (χ1n) is 3.87. The second-order valence-corrected chi connectivity index (χ2v) is 3.32. The van der Waals surface area contributed by atoms with Gasteiger partial charge in [-0.3, -0.25) is 0 Å². The SMILES string of the molecule is PNCC1CCCCC1. The molecule has 0 aromatic rings. The average Bonchev–Trinajstić information content (AvgIpc) is 1.91. The Morgan fingerprint density at radius 2 is 1.89 bits per heavy atom. The van der Waals surface area contributed by atoms with Crippen LogP contribution in [0.25, 0.3) is 0 Å². The van der Waals surface area contributed by atoms with Gasteiger partial charge in [0.05, 0.1) is 0 Å². The fourth-order valence-electron chi connectivity index (χ4n) is 1.56. The molecule has 1 unspecified atom stereocenters. The largest absolute Gasteiger partial charge is 0.300 e. The van der Waals surface area contributed by atoms with Gasteiger partial charge in [-0.15, -0.1) is 0 Å². The standard InChI is InChI=1S/C7H16NP/c9-8-6-7-4-2-1-3-5-7/h7-8H,1-6,9H2. The van der Waals surface area contributed by atoms with E-state index in [0.29, 0.717) is 0 Å². The summed E-state index contributed by atoms with van der Waals surface area (Å²) in [5, 5.41) is 3.15. The minimum Gasteiger partial charge on any atom is -0.300 e. The Bertz CT molecular complexity index is 66.6. The van der Waals surface area contributed by atoms with Crippen LogP contribution in [0.1, 0.15) is 32.1 Å². The minimum absolute atomic E-state index is 0.969. The van der Waals surface area contributed by atoms with E-state index in [1.165, 1.54) is 38.6 Å². The van der Waals surface area contributed by atoms with Crippen molar-refractivity contribution in [2.75, 3.05) is 6.54 Å². The Hall–Kier alpha value is 0.390. The van der Waals surface area contributed by atoms with E-state index in [4.69, 9.17) is 0 Å². The lowest BCUT2D eigenvalue weighted by Crippen LogP contribution is -2.17. The van der Waals surface area contributed by atoms with E-state index in [1.807, 2.05) is 0 Å². The number of hydrogen-bond donors (Lipinski definition) is 1. The van der Waals surface area contributed by atoms with Gasteiger partial charge in [-0.25, -0.2) is 0 Å². The van der Waals surface area contributed by atoms with Crippen molar-refractivity contribution in [2.45, 2.75) is 32.1 Å². The molecule has 0 saturated heterocycles. The first-order valence-corrected chi connectivity index (χ1v) is 4.44. The summed E-state index contributed by atoms with van der Waals surface area (Å²) in [5.41, 5.74) is 0. The second-order valence-electron chi connectivity index (χ2n) is 2.91. The molecule has 1 nitrogen and oxygen atoms in total. The van der Waals surface area contributed by atoms with E-state index in [9.17, 15) is 0 Å². The van der Waals surface area contributed by atoms with Gasteiger partial charge in [-0.2, -0.15) is 0 Å². The molecule has 0 aromatic carbocycles. The molecule has 1 aliphatic rings. The lowest BCUT2D eigenvalue weighted by Gasteiger charge is -2.20. The van der Waals surface area contributed by atoms with Crippen LogP contribution in [-0.2, 0) is 0 Å². The molecule has 0 radical (unpaired) electrons. The summed E-state index contributed by atoms with van der Waals surface area (Å²) < 4.78 is 0. The predicted molar refractivity (Wildman–Crippen MR) is 44.3 cm³/mol. The van der Waals surface area contributed by atoms with E-state index in [1.54, 1.807) is 0 Å². The maximum Gasteiger partial charge on any atom is 0.00139 e. The predicted octanol–water partition coefficient (Wildman–Crippen LogP) is 1.95. The summed E-state index contributed by atoms with van der Waals surface area (Å²) in [4.78, 5) is 0. The molecule has 2 heteroatoms. The van der Waals surface area contributed by atoms with Crippen molar-refractivity contribution in [1.82, 2.24) is 5.09 Å². The van der Waals surface area contributed by atoms with E-state index < -0.39 is 0 Å². The molecular formula is C7H16NP. The molecule has 0 spiro atoms. The normalized spacial score (nSPS) is 22.3. The number of nitrogens with one attached hydrogen (secondary N) is 1. The van der Waals surface area contributed by atoms with E-state index in [-0.39, 0.29) is 0 Å². The Morgan fingerprint density at radius 1 is 1.22 bits per heavy atom. The highest BCUT2D eigenvalue weighted by Crippen LogP contribution is 2.22. The van der Waals surface area contributed by atoms with Gasteiger partial charge in [0.2, 0.25) is 0 Å².